The number of hydrogen-bond donors (Lipinski definition) is 0. The summed E-state index contributed by atoms with van der Waals surface area (Å²) in [5.41, 5.74) is 8.61. The van der Waals surface area contributed by atoms with Crippen molar-refractivity contribution in [3.8, 4) is 28.4 Å². The number of aryl methyl sites for hydroxylation is 4. The summed E-state index contributed by atoms with van der Waals surface area (Å²) in [5.74, 6) is 1.99. The topological polar surface area (TPSA) is 33.5 Å². The van der Waals surface area contributed by atoms with Crippen LogP contribution in [0.1, 0.15) is 62.4 Å². The third kappa shape index (κ3) is 6.01. The molecule has 5 nitrogen and oxygen atoms in total. The van der Waals surface area contributed by atoms with Crippen molar-refractivity contribution in [2.45, 2.75) is 59.9 Å². The Labute approximate surface area is 332 Å². The number of allylic oxidation sites excluding steroid dienone is 2. The Morgan fingerprint density at radius 2 is 1.42 bits per heavy atom. The Morgan fingerprint density at radius 3 is 2.18 bits per heavy atom. The van der Waals surface area contributed by atoms with Crippen LogP contribution in [0.4, 0.5) is 5.69 Å². The van der Waals surface area contributed by atoms with Crippen molar-refractivity contribution in [1.29, 1.82) is 0 Å². The number of rotatable bonds is 6. The molecule has 2 aromatic heterocycles. The van der Waals surface area contributed by atoms with Crippen LogP contribution < -0.4 is 9.64 Å². The van der Waals surface area contributed by atoms with E-state index in [0.717, 1.165) is 55.4 Å². The van der Waals surface area contributed by atoms with E-state index >= 15 is 0 Å². The highest BCUT2D eigenvalue weighted by atomic mass is 16.5. The van der Waals surface area contributed by atoms with Gasteiger partial charge >= 0.3 is 0 Å². The molecule has 9 rings (SSSR count). The zero-order valence-electron chi connectivity index (χ0n) is 37.6. The van der Waals surface area contributed by atoms with Gasteiger partial charge in [0.15, 0.2) is 0 Å². The molecule has 7 aromatic rings. The van der Waals surface area contributed by atoms with Gasteiger partial charge in [-0.3, -0.25) is 4.57 Å². The predicted molar refractivity (Wildman–Crippen MR) is 229 cm³/mol. The number of hydrogen-bond acceptors (Lipinski definition) is 4. The van der Waals surface area contributed by atoms with Crippen LogP contribution in [0.2, 0.25) is 0 Å². The highest BCUT2D eigenvalue weighted by Gasteiger charge is 2.34. The largest absolute Gasteiger partial charge is 0.457 e. The fourth-order valence-corrected chi connectivity index (χ4v) is 8.08. The number of pyridine rings is 1. The molecule has 0 bridgehead atoms. The normalized spacial score (nSPS) is 17.3. The molecule has 2 aliphatic heterocycles. The average Bonchev–Trinajstić information content (AvgIpc) is 3.75. The Morgan fingerprint density at radius 1 is 0.691 bits per heavy atom. The predicted octanol–water partition coefficient (Wildman–Crippen LogP) is 12.7. The SMILES string of the molecule is [2H]C([2H])([2H])c1cccc(C([2H])([2H])[2H])c1N1C(c2cc(Oc3ccc4c5ccccc5n(-c5cc(C(C)(C)C)ccn5)c4c3)cc(-c3c(C)cccc3C)c2)=CN2C=CC=CC21. The average molecular weight is 725 g/mol. The van der Waals surface area contributed by atoms with Gasteiger partial charge in [0, 0.05) is 54.9 Å². The zero-order valence-corrected chi connectivity index (χ0v) is 31.6. The van der Waals surface area contributed by atoms with Crippen LogP contribution in [-0.2, 0) is 5.41 Å². The van der Waals surface area contributed by atoms with Gasteiger partial charge in [-0.2, -0.15) is 0 Å². The summed E-state index contributed by atoms with van der Waals surface area (Å²) in [5, 5.41) is 2.17. The molecule has 0 spiro atoms. The minimum atomic E-state index is -2.59. The van der Waals surface area contributed by atoms with Crippen LogP contribution in [0, 0.1) is 27.6 Å². The van der Waals surface area contributed by atoms with Crippen LogP contribution in [0.25, 0.3) is 44.4 Å². The summed E-state index contributed by atoms with van der Waals surface area (Å²) >= 11 is 0. The van der Waals surface area contributed by atoms with Crippen molar-refractivity contribution < 1.29 is 13.0 Å². The molecule has 5 aromatic carbocycles. The Balaban J connectivity index is 1.24. The summed E-state index contributed by atoms with van der Waals surface area (Å²) in [4.78, 5) is 8.68. The third-order valence-corrected chi connectivity index (χ3v) is 10.7. The number of para-hydroxylation sites is 2. The molecular weight excluding hydrogens is 673 g/mol. The number of aromatic nitrogens is 2. The zero-order chi connectivity index (χ0) is 43.0. The molecule has 0 radical (unpaired) electrons. The second kappa shape index (κ2) is 13.2. The second-order valence-corrected chi connectivity index (χ2v) is 15.5. The van der Waals surface area contributed by atoms with E-state index in [1.165, 1.54) is 23.8 Å². The molecule has 2 aliphatic rings. The summed E-state index contributed by atoms with van der Waals surface area (Å²) in [6, 6.07) is 35.5. The molecule has 0 saturated heterocycles. The second-order valence-electron chi connectivity index (χ2n) is 15.5. The van der Waals surface area contributed by atoms with Crippen LogP contribution in [-0.4, -0.2) is 20.6 Å². The maximum atomic E-state index is 8.57. The van der Waals surface area contributed by atoms with Gasteiger partial charge in [0.05, 0.1) is 16.7 Å². The Kier molecular flexibility index (Phi) is 6.76. The van der Waals surface area contributed by atoms with Gasteiger partial charge in [-0.05, 0) is 133 Å². The molecule has 0 fully saturated rings. The van der Waals surface area contributed by atoms with Crippen LogP contribution >= 0.6 is 0 Å². The van der Waals surface area contributed by atoms with E-state index in [4.69, 9.17) is 17.9 Å². The van der Waals surface area contributed by atoms with Gasteiger partial charge in [-0.15, -0.1) is 0 Å². The van der Waals surface area contributed by atoms with Crippen molar-refractivity contribution >= 4 is 33.2 Å². The summed E-state index contributed by atoms with van der Waals surface area (Å²) in [6.07, 6.45) is 10.9. The van der Waals surface area contributed by atoms with Crippen LogP contribution in [0.15, 0.2) is 146 Å². The number of ether oxygens (including phenoxy) is 1. The molecule has 0 saturated carbocycles. The Bertz CT molecular complexity index is 2910. The fourth-order valence-electron chi connectivity index (χ4n) is 8.08. The van der Waals surface area contributed by atoms with Crippen molar-refractivity contribution in [2.24, 2.45) is 0 Å². The lowest BCUT2D eigenvalue weighted by molar-refractivity contribution is 0.455. The van der Waals surface area contributed by atoms with E-state index in [1.54, 1.807) is 0 Å². The molecular formula is C50H46N4O. The molecule has 0 aliphatic carbocycles. The number of fused-ring (bicyclic) bond motifs is 4. The first-order valence-electron chi connectivity index (χ1n) is 21.6. The molecule has 4 heterocycles. The monoisotopic (exact) mass is 724 g/mol. The molecule has 0 N–H and O–H groups in total. The summed E-state index contributed by atoms with van der Waals surface area (Å²) in [6.45, 7) is 5.56. The van der Waals surface area contributed by atoms with Gasteiger partial charge < -0.3 is 14.5 Å². The lowest BCUT2D eigenvalue weighted by Gasteiger charge is -2.34. The molecule has 1 unspecified atom stereocenters. The first kappa shape index (κ1) is 28.2. The minimum absolute atomic E-state index is 0.0366. The first-order chi connectivity index (χ1) is 29.0. The smallest absolute Gasteiger partial charge is 0.137 e. The lowest BCUT2D eigenvalue weighted by atomic mass is 9.88. The highest BCUT2D eigenvalue weighted by molar-refractivity contribution is 6.09. The van der Waals surface area contributed by atoms with E-state index in [1.807, 2.05) is 83.0 Å². The quantitative estimate of drug-likeness (QED) is 0.171. The van der Waals surface area contributed by atoms with Crippen LogP contribution in [0.5, 0.6) is 11.5 Å². The number of anilines is 1. The maximum absolute atomic E-state index is 8.57. The molecule has 5 heteroatoms. The van der Waals surface area contributed by atoms with Gasteiger partial charge in [-0.1, -0.05) is 81.4 Å². The van der Waals surface area contributed by atoms with Crippen molar-refractivity contribution in [3.63, 3.8) is 0 Å². The maximum Gasteiger partial charge on any atom is 0.137 e. The van der Waals surface area contributed by atoms with Crippen molar-refractivity contribution in [2.75, 3.05) is 4.90 Å². The summed E-state index contributed by atoms with van der Waals surface area (Å²) in [7, 11) is 0. The van der Waals surface area contributed by atoms with Crippen molar-refractivity contribution in [1.82, 2.24) is 14.5 Å². The van der Waals surface area contributed by atoms with E-state index in [2.05, 4.69) is 93.8 Å². The van der Waals surface area contributed by atoms with Gasteiger partial charge in [0.2, 0.25) is 0 Å². The molecule has 272 valence electrons. The van der Waals surface area contributed by atoms with Gasteiger partial charge in [-0.25, -0.2) is 4.98 Å². The molecule has 0 amide bonds. The van der Waals surface area contributed by atoms with E-state index in [-0.39, 0.29) is 22.2 Å². The van der Waals surface area contributed by atoms with Gasteiger partial charge in [0.25, 0.3) is 0 Å². The Hall–Kier alpha value is -6.33. The number of benzene rings is 5. The van der Waals surface area contributed by atoms with Crippen molar-refractivity contribution in [3.05, 3.63) is 179 Å². The van der Waals surface area contributed by atoms with E-state index in [9.17, 15) is 0 Å². The van der Waals surface area contributed by atoms with Gasteiger partial charge in [0.1, 0.15) is 23.5 Å². The van der Waals surface area contributed by atoms with Crippen LogP contribution in [0.3, 0.4) is 0 Å². The molecule has 55 heavy (non-hydrogen) atoms. The van der Waals surface area contributed by atoms with E-state index in [0.29, 0.717) is 17.2 Å². The minimum Gasteiger partial charge on any atom is -0.457 e. The number of nitrogens with zero attached hydrogens (tertiary/aromatic N) is 4. The highest BCUT2D eigenvalue weighted by Crippen LogP contribution is 2.44. The first-order valence-corrected chi connectivity index (χ1v) is 18.6. The fraction of sp³-hybridized carbons (Fsp3) is 0.180. The standard InChI is InChI=1S/C50H46N4O/c1-32-14-12-15-33(2)48(32)37-26-36(45-31-52-25-11-10-20-47(52)54(45)49-34(3)16-13-17-35(49)4)27-40(28-37)55-39-21-22-42-41-18-8-9-19-43(41)53(44(42)30-39)46-29-38(23-24-51-46)50(5,6)7/h8-31,47H,1-7H3/i3D3,4D3. The van der Waals surface area contributed by atoms with E-state index < -0.39 is 19.9 Å². The lowest BCUT2D eigenvalue weighted by Crippen LogP contribution is -2.37. The summed E-state index contributed by atoms with van der Waals surface area (Å²) < 4.78 is 60.5. The third-order valence-electron chi connectivity index (χ3n) is 10.7. The molecule has 1 atom stereocenters.